The van der Waals surface area contributed by atoms with Crippen LogP contribution in [0.2, 0.25) is 0 Å². The van der Waals surface area contributed by atoms with Crippen LogP contribution in [0.1, 0.15) is 17.5 Å². The molecule has 0 aliphatic carbocycles. The summed E-state index contributed by atoms with van der Waals surface area (Å²) in [6, 6.07) is 15.3. The summed E-state index contributed by atoms with van der Waals surface area (Å²) in [5, 5.41) is 3.42. The Balaban J connectivity index is 1.59. The Morgan fingerprint density at radius 3 is 3.10 bits per heavy atom. The molecule has 0 radical (unpaired) electrons. The van der Waals surface area contributed by atoms with Crippen molar-refractivity contribution < 1.29 is 4.74 Å². The molecule has 0 amide bonds. The maximum Gasteiger partial charge on any atom is 0.142 e. The number of ether oxygens (including phenoxy) is 1. The molecule has 2 aliphatic rings. The number of hydrogen-bond acceptors (Lipinski definition) is 3. The molecule has 0 spiro atoms. The van der Waals surface area contributed by atoms with Crippen molar-refractivity contribution in [3.05, 3.63) is 53.6 Å². The van der Waals surface area contributed by atoms with Gasteiger partial charge < -0.3 is 15.0 Å². The molecule has 0 saturated carbocycles. The van der Waals surface area contributed by atoms with E-state index in [9.17, 15) is 0 Å². The van der Waals surface area contributed by atoms with E-state index in [0.717, 1.165) is 37.7 Å². The highest BCUT2D eigenvalue weighted by Gasteiger charge is 2.17. The van der Waals surface area contributed by atoms with E-state index in [2.05, 4.69) is 52.7 Å². The largest absolute Gasteiger partial charge is 0.490 e. The summed E-state index contributed by atoms with van der Waals surface area (Å²) >= 11 is 0. The predicted molar refractivity (Wildman–Crippen MR) is 86.2 cm³/mol. The van der Waals surface area contributed by atoms with Gasteiger partial charge >= 0.3 is 0 Å². The lowest BCUT2D eigenvalue weighted by Crippen LogP contribution is -2.28. The molecule has 3 heteroatoms. The Kier molecular flexibility index (Phi) is 3.18. The summed E-state index contributed by atoms with van der Waals surface area (Å²) in [4.78, 5) is 2.49. The van der Waals surface area contributed by atoms with Gasteiger partial charge in [0.2, 0.25) is 0 Å². The fourth-order valence-corrected chi connectivity index (χ4v) is 3.28. The molecule has 1 N–H and O–H groups in total. The molecule has 108 valence electrons. The Bertz CT molecular complexity index is 653. The SMILES string of the molecule is c1ccc2c(c1)CCCN2Cc1ccc2c(c1)NCCO2. The van der Waals surface area contributed by atoms with Crippen LogP contribution >= 0.6 is 0 Å². The lowest BCUT2D eigenvalue weighted by Gasteiger charge is -2.31. The van der Waals surface area contributed by atoms with E-state index in [1.807, 2.05) is 0 Å². The van der Waals surface area contributed by atoms with Gasteiger partial charge in [0, 0.05) is 25.3 Å². The first kappa shape index (κ1) is 12.6. The quantitative estimate of drug-likeness (QED) is 0.912. The van der Waals surface area contributed by atoms with E-state index in [1.54, 1.807) is 0 Å². The molecule has 2 heterocycles. The van der Waals surface area contributed by atoms with Gasteiger partial charge in [-0.3, -0.25) is 0 Å². The number of anilines is 2. The van der Waals surface area contributed by atoms with Crippen molar-refractivity contribution in [2.45, 2.75) is 19.4 Å². The third-order valence-electron chi connectivity index (χ3n) is 4.30. The molecule has 0 unspecified atom stereocenters. The molecule has 0 saturated heterocycles. The fourth-order valence-electron chi connectivity index (χ4n) is 3.28. The van der Waals surface area contributed by atoms with Crippen molar-refractivity contribution in [1.29, 1.82) is 0 Å². The van der Waals surface area contributed by atoms with Gasteiger partial charge in [-0.15, -0.1) is 0 Å². The first-order chi connectivity index (χ1) is 10.4. The van der Waals surface area contributed by atoms with Gasteiger partial charge in [0.1, 0.15) is 12.4 Å². The molecular formula is C18H20N2O. The van der Waals surface area contributed by atoms with Crippen molar-refractivity contribution >= 4 is 11.4 Å². The number of fused-ring (bicyclic) bond motifs is 2. The second-order valence-corrected chi connectivity index (χ2v) is 5.76. The molecule has 2 aromatic carbocycles. The van der Waals surface area contributed by atoms with E-state index in [-0.39, 0.29) is 0 Å². The maximum atomic E-state index is 5.65. The standard InChI is InChI=1S/C18H20N2O/c1-2-6-17-15(4-1)5-3-10-20(17)13-14-7-8-18-16(12-14)19-9-11-21-18/h1-2,4,6-8,12,19H,3,5,9-11,13H2. The smallest absolute Gasteiger partial charge is 0.142 e. The monoisotopic (exact) mass is 280 g/mol. The highest BCUT2D eigenvalue weighted by Crippen LogP contribution is 2.31. The zero-order chi connectivity index (χ0) is 14.1. The average Bonchev–Trinajstić information content (AvgIpc) is 2.55. The van der Waals surface area contributed by atoms with Crippen LogP contribution in [-0.2, 0) is 13.0 Å². The number of aryl methyl sites for hydroxylation is 1. The second-order valence-electron chi connectivity index (χ2n) is 5.76. The Labute approximate surface area is 125 Å². The molecule has 2 aromatic rings. The van der Waals surface area contributed by atoms with E-state index >= 15 is 0 Å². The van der Waals surface area contributed by atoms with E-state index < -0.39 is 0 Å². The minimum absolute atomic E-state index is 0.756. The maximum absolute atomic E-state index is 5.65. The molecule has 0 bridgehead atoms. The van der Waals surface area contributed by atoms with Gasteiger partial charge in [-0.2, -0.15) is 0 Å². The number of benzene rings is 2. The number of nitrogens with one attached hydrogen (secondary N) is 1. The van der Waals surface area contributed by atoms with E-state index in [1.165, 1.54) is 29.7 Å². The highest BCUT2D eigenvalue weighted by atomic mass is 16.5. The lowest BCUT2D eigenvalue weighted by atomic mass is 10.0. The van der Waals surface area contributed by atoms with Crippen molar-refractivity contribution in [3.63, 3.8) is 0 Å². The van der Waals surface area contributed by atoms with Gasteiger partial charge in [-0.1, -0.05) is 24.3 Å². The van der Waals surface area contributed by atoms with Crippen molar-refractivity contribution in [3.8, 4) is 5.75 Å². The summed E-state index contributed by atoms with van der Waals surface area (Å²) < 4.78 is 5.65. The molecule has 0 aromatic heterocycles. The van der Waals surface area contributed by atoms with Crippen LogP contribution in [0.4, 0.5) is 11.4 Å². The topological polar surface area (TPSA) is 24.5 Å². The lowest BCUT2D eigenvalue weighted by molar-refractivity contribution is 0.323. The first-order valence-corrected chi connectivity index (χ1v) is 7.72. The number of rotatable bonds is 2. The molecule has 0 fully saturated rings. The fraction of sp³-hybridized carbons (Fsp3) is 0.333. The van der Waals surface area contributed by atoms with Crippen LogP contribution in [0.15, 0.2) is 42.5 Å². The Morgan fingerprint density at radius 2 is 2.10 bits per heavy atom. The molecule has 4 rings (SSSR count). The third-order valence-corrected chi connectivity index (χ3v) is 4.30. The Morgan fingerprint density at radius 1 is 1.14 bits per heavy atom. The van der Waals surface area contributed by atoms with E-state index in [0.29, 0.717) is 0 Å². The molecule has 2 aliphatic heterocycles. The summed E-state index contributed by atoms with van der Waals surface area (Å²) in [6.45, 7) is 3.75. The number of nitrogens with zero attached hydrogens (tertiary/aromatic N) is 1. The van der Waals surface area contributed by atoms with Crippen LogP contribution in [0.25, 0.3) is 0 Å². The summed E-state index contributed by atoms with van der Waals surface area (Å²) in [5.74, 6) is 0.976. The minimum Gasteiger partial charge on any atom is -0.490 e. The van der Waals surface area contributed by atoms with Gasteiger partial charge in [0.15, 0.2) is 0 Å². The molecule has 21 heavy (non-hydrogen) atoms. The van der Waals surface area contributed by atoms with Crippen LogP contribution in [0.5, 0.6) is 5.75 Å². The second kappa shape index (κ2) is 5.32. The van der Waals surface area contributed by atoms with Gasteiger partial charge in [-0.25, -0.2) is 0 Å². The summed E-state index contributed by atoms with van der Waals surface area (Å²) in [5.41, 5.74) is 5.33. The van der Waals surface area contributed by atoms with Crippen LogP contribution in [-0.4, -0.2) is 19.7 Å². The number of para-hydroxylation sites is 1. The average molecular weight is 280 g/mol. The van der Waals surface area contributed by atoms with E-state index in [4.69, 9.17) is 4.74 Å². The van der Waals surface area contributed by atoms with Crippen LogP contribution in [0.3, 0.4) is 0 Å². The zero-order valence-corrected chi connectivity index (χ0v) is 12.1. The Hall–Kier alpha value is -2.16. The van der Waals surface area contributed by atoms with Gasteiger partial charge in [0.25, 0.3) is 0 Å². The molecule has 0 atom stereocenters. The van der Waals surface area contributed by atoms with Crippen LogP contribution < -0.4 is 15.0 Å². The summed E-state index contributed by atoms with van der Waals surface area (Å²) in [7, 11) is 0. The van der Waals surface area contributed by atoms with Crippen molar-refractivity contribution in [1.82, 2.24) is 0 Å². The van der Waals surface area contributed by atoms with Gasteiger partial charge in [-0.05, 0) is 42.2 Å². The first-order valence-electron chi connectivity index (χ1n) is 7.72. The highest BCUT2D eigenvalue weighted by molar-refractivity contribution is 5.61. The van der Waals surface area contributed by atoms with Crippen molar-refractivity contribution in [2.24, 2.45) is 0 Å². The minimum atomic E-state index is 0.756. The summed E-state index contributed by atoms with van der Waals surface area (Å²) in [6.07, 6.45) is 2.44. The van der Waals surface area contributed by atoms with Crippen LogP contribution in [0, 0.1) is 0 Å². The normalized spacial score (nSPS) is 16.5. The van der Waals surface area contributed by atoms with Crippen molar-refractivity contribution in [2.75, 3.05) is 29.9 Å². The van der Waals surface area contributed by atoms with Gasteiger partial charge in [0.05, 0.1) is 5.69 Å². The zero-order valence-electron chi connectivity index (χ0n) is 12.1. The third kappa shape index (κ3) is 2.44. The molecular weight excluding hydrogens is 260 g/mol. The predicted octanol–water partition coefficient (Wildman–Crippen LogP) is 3.44. The number of hydrogen-bond donors (Lipinski definition) is 1. The molecule has 3 nitrogen and oxygen atoms in total.